The topological polar surface area (TPSA) is 113 Å². The lowest BCUT2D eigenvalue weighted by Crippen LogP contribution is -2.42. The van der Waals surface area contributed by atoms with E-state index >= 15 is 0 Å². The Morgan fingerprint density at radius 3 is 2.56 bits per heavy atom. The Labute approximate surface area is 188 Å². The van der Waals surface area contributed by atoms with Crippen LogP contribution in [0.3, 0.4) is 0 Å². The van der Waals surface area contributed by atoms with Crippen LogP contribution in [0.15, 0.2) is 47.4 Å². The standard InChI is InChI=1S/C23H28N2O6S/c1-4-17-7-5-6-8-20(17)24-22(27)14-31-23(28)21-12-18(26)13-25(21)32(29,30)19-10-9-15(2)16(3)11-19/h5-11,18,21,26H,4,12-14H2,1-3H3,(H,24,27). The maximum Gasteiger partial charge on any atom is 0.325 e. The van der Waals surface area contributed by atoms with Crippen molar-refractivity contribution in [1.82, 2.24) is 4.31 Å². The van der Waals surface area contributed by atoms with E-state index in [4.69, 9.17) is 4.74 Å². The highest BCUT2D eigenvalue weighted by Crippen LogP contribution is 2.28. The Kier molecular flexibility index (Phi) is 7.33. The number of nitrogens with zero attached hydrogens (tertiary/aromatic N) is 1. The Bertz CT molecular complexity index is 1120. The van der Waals surface area contributed by atoms with Crippen molar-refractivity contribution in [2.75, 3.05) is 18.5 Å². The molecule has 2 N–H and O–H groups in total. The number of β-amino-alcohol motifs (C(OH)–C–C–N with tert-alkyl or cyclic N) is 1. The van der Waals surface area contributed by atoms with Crippen molar-refractivity contribution < 1.29 is 27.9 Å². The molecule has 0 radical (unpaired) electrons. The van der Waals surface area contributed by atoms with Gasteiger partial charge < -0.3 is 15.2 Å². The highest BCUT2D eigenvalue weighted by atomic mass is 32.2. The summed E-state index contributed by atoms with van der Waals surface area (Å²) in [5.41, 5.74) is 3.31. The molecule has 8 nitrogen and oxygen atoms in total. The predicted molar refractivity (Wildman–Crippen MR) is 120 cm³/mol. The number of ether oxygens (including phenoxy) is 1. The van der Waals surface area contributed by atoms with Gasteiger partial charge in [-0.25, -0.2) is 8.42 Å². The van der Waals surface area contributed by atoms with E-state index in [2.05, 4.69) is 5.32 Å². The number of nitrogens with one attached hydrogen (secondary N) is 1. The third-order valence-corrected chi connectivity index (χ3v) is 7.48. The van der Waals surface area contributed by atoms with Gasteiger partial charge in [0.05, 0.1) is 11.0 Å². The first-order valence-electron chi connectivity index (χ1n) is 10.4. The number of aryl methyl sites for hydroxylation is 3. The molecule has 1 saturated heterocycles. The van der Waals surface area contributed by atoms with E-state index in [0.717, 1.165) is 27.4 Å². The fourth-order valence-electron chi connectivity index (χ4n) is 3.64. The number of hydrogen-bond acceptors (Lipinski definition) is 6. The molecule has 2 aromatic carbocycles. The molecule has 0 spiro atoms. The number of carbonyl (C=O) groups excluding carboxylic acids is 2. The number of anilines is 1. The Hall–Kier alpha value is -2.75. The van der Waals surface area contributed by atoms with Crippen LogP contribution < -0.4 is 5.32 Å². The first-order chi connectivity index (χ1) is 15.1. The van der Waals surface area contributed by atoms with Crippen LogP contribution in [-0.4, -0.2) is 55.0 Å². The molecule has 0 saturated carbocycles. The second-order valence-electron chi connectivity index (χ2n) is 7.89. The third kappa shape index (κ3) is 5.17. The fraction of sp³-hybridized carbons (Fsp3) is 0.391. The molecule has 0 aromatic heterocycles. The smallest absolute Gasteiger partial charge is 0.325 e. The number of benzene rings is 2. The zero-order valence-corrected chi connectivity index (χ0v) is 19.2. The van der Waals surface area contributed by atoms with Crippen LogP contribution >= 0.6 is 0 Å². The summed E-state index contributed by atoms with van der Waals surface area (Å²) in [6.45, 7) is 4.86. The van der Waals surface area contributed by atoms with E-state index < -0.39 is 40.7 Å². The van der Waals surface area contributed by atoms with Crippen molar-refractivity contribution in [1.29, 1.82) is 0 Å². The lowest BCUT2D eigenvalue weighted by atomic mass is 10.1. The summed E-state index contributed by atoms with van der Waals surface area (Å²) in [4.78, 5) is 25.0. The van der Waals surface area contributed by atoms with E-state index in [0.29, 0.717) is 5.69 Å². The van der Waals surface area contributed by atoms with Crippen LogP contribution in [0.4, 0.5) is 5.69 Å². The summed E-state index contributed by atoms with van der Waals surface area (Å²) in [7, 11) is -4.03. The first kappa shape index (κ1) is 23.9. The summed E-state index contributed by atoms with van der Waals surface area (Å²) in [6.07, 6.45) is -0.371. The number of carbonyl (C=O) groups is 2. The van der Waals surface area contributed by atoms with Gasteiger partial charge in [0.1, 0.15) is 6.04 Å². The van der Waals surface area contributed by atoms with Crippen molar-refractivity contribution in [2.45, 2.75) is 50.7 Å². The van der Waals surface area contributed by atoms with Crippen LogP contribution in [0.25, 0.3) is 0 Å². The Morgan fingerprint density at radius 2 is 1.88 bits per heavy atom. The Morgan fingerprint density at radius 1 is 1.16 bits per heavy atom. The van der Waals surface area contributed by atoms with Crippen molar-refractivity contribution in [3.63, 3.8) is 0 Å². The lowest BCUT2D eigenvalue weighted by molar-refractivity contribution is -0.150. The van der Waals surface area contributed by atoms with Gasteiger partial charge in [0, 0.05) is 18.7 Å². The number of para-hydroxylation sites is 1. The molecular formula is C23H28N2O6S. The molecule has 2 unspecified atom stereocenters. The molecule has 1 fully saturated rings. The minimum Gasteiger partial charge on any atom is -0.454 e. The molecular weight excluding hydrogens is 432 g/mol. The number of esters is 1. The molecule has 2 atom stereocenters. The van der Waals surface area contributed by atoms with Gasteiger partial charge in [-0.05, 0) is 55.2 Å². The maximum absolute atomic E-state index is 13.1. The second kappa shape index (κ2) is 9.81. The van der Waals surface area contributed by atoms with Crippen LogP contribution in [-0.2, 0) is 30.8 Å². The molecule has 3 rings (SSSR count). The zero-order chi connectivity index (χ0) is 23.5. The summed E-state index contributed by atoms with van der Waals surface area (Å²) in [5, 5.41) is 12.8. The molecule has 1 heterocycles. The van der Waals surface area contributed by atoms with Crippen molar-refractivity contribution in [3.05, 3.63) is 59.2 Å². The van der Waals surface area contributed by atoms with Gasteiger partial charge in [0.2, 0.25) is 10.0 Å². The molecule has 2 aromatic rings. The van der Waals surface area contributed by atoms with Crippen molar-refractivity contribution in [2.24, 2.45) is 0 Å². The second-order valence-corrected chi connectivity index (χ2v) is 9.78. The molecule has 172 valence electrons. The van der Waals surface area contributed by atoms with E-state index in [-0.39, 0.29) is 17.9 Å². The maximum atomic E-state index is 13.1. The highest BCUT2D eigenvalue weighted by Gasteiger charge is 2.44. The number of hydrogen-bond donors (Lipinski definition) is 2. The number of amides is 1. The average Bonchev–Trinajstić information content (AvgIpc) is 3.17. The molecule has 0 aliphatic carbocycles. The lowest BCUT2D eigenvalue weighted by Gasteiger charge is -2.22. The van der Waals surface area contributed by atoms with Crippen LogP contribution in [0, 0.1) is 13.8 Å². The monoisotopic (exact) mass is 460 g/mol. The number of aliphatic hydroxyl groups excluding tert-OH is 1. The SMILES string of the molecule is CCc1ccccc1NC(=O)COC(=O)C1CC(O)CN1S(=O)(=O)c1ccc(C)c(C)c1. The van der Waals surface area contributed by atoms with Gasteiger partial charge in [0.25, 0.3) is 5.91 Å². The minimum absolute atomic E-state index is 0.0430. The van der Waals surface area contributed by atoms with Crippen LogP contribution in [0.2, 0.25) is 0 Å². The zero-order valence-electron chi connectivity index (χ0n) is 18.4. The summed E-state index contributed by atoms with van der Waals surface area (Å²) in [5.74, 6) is -1.39. The summed E-state index contributed by atoms with van der Waals surface area (Å²) < 4.78 is 32.3. The van der Waals surface area contributed by atoms with Gasteiger partial charge in [-0.3, -0.25) is 9.59 Å². The quantitative estimate of drug-likeness (QED) is 0.613. The van der Waals surface area contributed by atoms with Gasteiger partial charge in [0.15, 0.2) is 6.61 Å². The fourth-order valence-corrected chi connectivity index (χ4v) is 5.36. The van der Waals surface area contributed by atoms with Gasteiger partial charge in [-0.15, -0.1) is 0 Å². The average molecular weight is 461 g/mol. The predicted octanol–water partition coefficient (Wildman–Crippen LogP) is 2.17. The van der Waals surface area contributed by atoms with Gasteiger partial charge in [-0.1, -0.05) is 31.2 Å². The molecule has 1 aliphatic rings. The van der Waals surface area contributed by atoms with Gasteiger partial charge in [-0.2, -0.15) is 4.31 Å². The number of sulfonamides is 1. The largest absolute Gasteiger partial charge is 0.454 e. The van der Waals surface area contributed by atoms with Crippen molar-refractivity contribution in [3.8, 4) is 0 Å². The highest BCUT2D eigenvalue weighted by molar-refractivity contribution is 7.89. The summed E-state index contributed by atoms with van der Waals surface area (Å²) >= 11 is 0. The van der Waals surface area contributed by atoms with Crippen LogP contribution in [0.5, 0.6) is 0 Å². The molecule has 32 heavy (non-hydrogen) atoms. The third-order valence-electron chi connectivity index (χ3n) is 5.61. The first-order valence-corrected chi connectivity index (χ1v) is 11.9. The van der Waals surface area contributed by atoms with Gasteiger partial charge >= 0.3 is 5.97 Å². The normalized spacial score (nSPS) is 19.0. The van der Waals surface area contributed by atoms with E-state index in [1.165, 1.54) is 12.1 Å². The van der Waals surface area contributed by atoms with Crippen molar-refractivity contribution >= 4 is 27.6 Å². The van der Waals surface area contributed by atoms with E-state index in [1.54, 1.807) is 25.1 Å². The molecule has 1 amide bonds. The molecule has 9 heteroatoms. The van der Waals surface area contributed by atoms with E-state index in [9.17, 15) is 23.1 Å². The van der Waals surface area contributed by atoms with E-state index in [1.807, 2.05) is 26.0 Å². The number of rotatable bonds is 7. The molecule has 1 aliphatic heterocycles. The molecule has 0 bridgehead atoms. The summed E-state index contributed by atoms with van der Waals surface area (Å²) in [6, 6.07) is 10.8. The number of aliphatic hydroxyl groups is 1. The Balaban J connectivity index is 1.69. The van der Waals surface area contributed by atoms with Crippen LogP contribution in [0.1, 0.15) is 30.0 Å². The minimum atomic E-state index is -4.03.